The van der Waals surface area contributed by atoms with Crippen molar-refractivity contribution in [3.8, 4) is 6.07 Å². The fourth-order valence-corrected chi connectivity index (χ4v) is 7.58. The molecule has 170 valence electrons. The van der Waals surface area contributed by atoms with Crippen LogP contribution in [0.4, 0.5) is 4.39 Å². The predicted molar refractivity (Wildman–Crippen MR) is 116 cm³/mol. The summed E-state index contributed by atoms with van der Waals surface area (Å²) in [5, 5.41) is 9.45. The third-order valence-corrected chi connectivity index (χ3v) is 9.80. The molecule has 0 radical (unpaired) electrons. The van der Waals surface area contributed by atoms with Crippen LogP contribution in [0.5, 0.6) is 0 Å². The van der Waals surface area contributed by atoms with Gasteiger partial charge in [0.05, 0.1) is 24.5 Å². The molecule has 0 aliphatic rings. The van der Waals surface area contributed by atoms with Crippen LogP contribution in [0.25, 0.3) is 0 Å². The third kappa shape index (κ3) is 5.59. The minimum absolute atomic E-state index is 0.0377. The van der Waals surface area contributed by atoms with E-state index in [1.165, 1.54) is 24.3 Å². The van der Waals surface area contributed by atoms with Gasteiger partial charge in [0.1, 0.15) is 24.0 Å². The molecular weight excluding hydrogens is 464 g/mol. The Morgan fingerprint density at radius 2 is 1.74 bits per heavy atom. The molecule has 1 aromatic heterocycles. The molecule has 1 aromatic carbocycles. The van der Waals surface area contributed by atoms with Crippen LogP contribution in [-0.2, 0) is 21.1 Å². The smallest absolute Gasteiger partial charge is 0.323 e. The lowest BCUT2D eigenvalue weighted by atomic mass is 10.2. The number of nitrogens with zero attached hydrogens (tertiary/aromatic N) is 2. The number of hydrogen-bond donors (Lipinski definition) is 3. The Balaban J connectivity index is 2.53. The van der Waals surface area contributed by atoms with Crippen molar-refractivity contribution in [3.63, 3.8) is 0 Å². The Hall–Kier alpha value is -1.64. The quantitative estimate of drug-likeness (QED) is 0.346. The van der Waals surface area contributed by atoms with E-state index in [4.69, 9.17) is 0 Å². The largest absolute Gasteiger partial charge is 0.347 e. The molecule has 1 heterocycles. The lowest BCUT2D eigenvalue weighted by Gasteiger charge is -2.35. The monoisotopic (exact) mass is 490 g/mol. The second-order valence-electron chi connectivity index (χ2n) is 7.09. The molecule has 0 fully saturated rings. The summed E-state index contributed by atoms with van der Waals surface area (Å²) >= 11 is 0.622. The maximum absolute atomic E-state index is 15.0. The van der Waals surface area contributed by atoms with E-state index in [1.807, 2.05) is 25.5 Å². The van der Waals surface area contributed by atoms with Gasteiger partial charge in [-0.3, -0.25) is 4.57 Å². The van der Waals surface area contributed by atoms with Crippen molar-refractivity contribution in [1.29, 1.82) is 5.26 Å². The molecule has 1 atom stereocenters. The summed E-state index contributed by atoms with van der Waals surface area (Å²) < 4.78 is 54.6. The second kappa shape index (κ2) is 9.88. The number of nitriles is 1. The molecule has 2 rings (SSSR count). The Kier molecular flexibility index (Phi) is 8.16. The van der Waals surface area contributed by atoms with Crippen LogP contribution in [0, 0.1) is 17.1 Å². The van der Waals surface area contributed by atoms with Gasteiger partial charge < -0.3 is 14.3 Å². The highest BCUT2D eigenvalue weighted by Crippen LogP contribution is 2.50. The topological polar surface area (TPSA) is 127 Å². The van der Waals surface area contributed by atoms with Crippen LogP contribution in [0.1, 0.15) is 42.6 Å². The number of sulfonamides is 1. The molecule has 0 amide bonds. The number of halogens is 1. The van der Waals surface area contributed by atoms with Gasteiger partial charge in [-0.05, 0) is 26.3 Å². The van der Waals surface area contributed by atoms with E-state index >= 15 is 0 Å². The summed E-state index contributed by atoms with van der Waals surface area (Å²) in [6.07, 6.45) is 0. The van der Waals surface area contributed by atoms with E-state index in [9.17, 15) is 32.4 Å². The van der Waals surface area contributed by atoms with Crippen LogP contribution in [0.2, 0.25) is 0 Å². The molecule has 3 N–H and O–H groups in total. The normalized spacial score (nSPS) is 13.7. The minimum Gasteiger partial charge on any atom is -0.323 e. The van der Waals surface area contributed by atoms with Crippen molar-refractivity contribution in [1.82, 2.24) is 4.72 Å². The average molecular weight is 491 g/mol. The van der Waals surface area contributed by atoms with Crippen molar-refractivity contribution < 1.29 is 31.6 Å². The Morgan fingerprint density at radius 3 is 2.19 bits per heavy atom. The number of rotatable bonds is 10. The SMILES string of the molecule is CC[N+](CC)(CC)Cc1sc(S(=O)(=O)NC(c2ccccc2)P(=O)(O)O)c(F)c1C#N. The van der Waals surface area contributed by atoms with E-state index in [0.717, 1.165) is 0 Å². The molecule has 0 spiro atoms. The van der Waals surface area contributed by atoms with E-state index in [-0.39, 0.29) is 17.7 Å². The Morgan fingerprint density at radius 1 is 1.19 bits per heavy atom. The Bertz CT molecular complexity index is 1100. The summed E-state index contributed by atoms with van der Waals surface area (Å²) in [5.74, 6) is -3.08. The number of thiophene rings is 1. The standard InChI is InChI=1S/C19H25FN3O5PS2/c1-4-23(5-2,6-3)13-16-15(12-21)17(20)19(30-16)31(27,28)22-18(29(24,25)26)14-10-8-7-9-11-14/h7-11,18,22H,4-6,13H2,1-3H3,(H-,24,25,26)/p+1. The second-order valence-corrected chi connectivity index (χ2v) is 11.8. The molecular formula is C19H26FN3O5PS2+. The van der Waals surface area contributed by atoms with Gasteiger partial charge in [-0.25, -0.2) is 12.8 Å². The lowest BCUT2D eigenvalue weighted by molar-refractivity contribution is -0.935. The van der Waals surface area contributed by atoms with Gasteiger partial charge in [0, 0.05) is 0 Å². The first-order valence-electron chi connectivity index (χ1n) is 9.63. The van der Waals surface area contributed by atoms with Crippen molar-refractivity contribution >= 4 is 29.0 Å². The van der Waals surface area contributed by atoms with E-state index in [1.54, 1.807) is 12.1 Å². The van der Waals surface area contributed by atoms with Gasteiger partial charge in [0.25, 0.3) is 10.0 Å². The van der Waals surface area contributed by atoms with Gasteiger partial charge in [-0.1, -0.05) is 30.3 Å². The minimum atomic E-state index is -4.97. The zero-order valence-electron chi connectivity index (χ0n) is 17.4. The van der Waals surface area contributed by atoms with E-state index in [2.05, 4.69) is 0 Å². The number of quaternary nitrogens is 1. The maximum atomic E-state index is 15.0. The van der Waals surface area contributed by atoms with Crippen LogP contribution in [0.15, 0.2) is 34.5 Å². The van der Waals surface area contributed by atoms with Crippen molar-refractivity contribution in [3.05, 3.63) is 52.2 Å². The van der Waals surface area contributed by atoms with Gasteiger partial charge >= 0.3 is 7.60 Å². The van der Waals surface area contributed by atoms with Crippen LogP contribution in [0.3, 0.4) is 0 Å². The molecule has 0 bridgehead atoms. The summed E-state index contributed by atoms with van der Waals surface area (Å²) in [7, 11) is -9.63. The third-order valence-electron chi connectivity index (χ3n) is 5.46. The number of hydrogen-bond acceptors (Lipinski definition) is 5. The van der Waals surface area contributed by atoms with E-state index < -0.39 is 33.4 Å². The summed E-state index contributed by atoms with van der Waals surface area (Å²) in [4.78, 5) is 19.7. The molecule has 0 saturated heterocycles. The van der Waals surface area contributed by atoms with Gasteiger partial charge in [0.2, 0.25) is 0 Å². The molecule has 0 aliphatic heterocycles. The molecule has 12 heteroatoms. The molecule has 1 unspecified atom stereocenters. The van der Waals surface area contributed by atoms with E-state index in [0.29, 0.717) is 40.3 Å². The maximum Gasteiger partial charge on any atom is 0.347 e. The Labute approximate surface area is 185 Å². The van der Waals surface area contributed by atoms with Crippen molar-refractivity contribution in [2.24, 2.45) is 0 Å². The lowest BCUT2D eigenvalue weighted by Crippen LogP contribution is -2.46. The molecule has 2 aromatic rings. The first-order valence-corrected chi connectivity index (χ1v) is 13.6. The average Bonchev–Trinajstić information content (AvgIpc) is 3.06. The number of nitrogens with one attached hydrogen (secondary N) is 1. The van der Waals surface area contributed by atoms with Crippen molar-refractivity contribution in [2.45, 2.75) is 37.3 Å². The zero-order valence-corrected chi connectivity index (χ0v) is 20.0. The van der Waals surface area contributed by atoms with Crippen LogP contribution in [-0.4, -0.2) is 42.3 Å². The summed E-state index contributed by atoms with van der Waals surface area (Å²) in [5.41, 5.74) is -0.314. The fourth-order valence-electron chi connectivity index (χ4n) is 3.31. The molecule has 8 nitrogen and oxygen atoms in total. The fraction of sp³-hybridized carbons (Fsp3) is 0.421. The molecule has 31 heavy (non-hydrogen) atoms. The first-order chi connectivity index (χ1) is 14.4. The van der Waals surface area contributed by atoms with Gasteiger partial charge in [-0.2, -0.15) is 9.98 Å². The highest BCUT2D eigenvalue weighted by atomic mass is 32.2. The summed E-state index contributed by atoms with van der Waals surface area (Å²) in [6, 6.07) is 9.08. The van der Waals surface area contributed by atoms with Crippen LogP contribution >= 0.6 is 18.9 Å². The predicted octanol–water partition coefficient (Wildman–Crippen LogP) is 3.29. The van der Waals surface area contributed by atoms with Crippen molar-refractivity contribution in [2.75, 3.05) is 19.6 Å². The van der Waals surface area contributed by atoms with Gasteiger partial charge in [-0.15, -0.1) is 11.3 Å². The zero-order chi connectivity index (χ0) is 23.4. The molecule has 0 aliphatic carbocycles. The highest BCUT2D eigenvalue weighted by Gasteiger charge is 2.38. The van der Waals surface area contributed by atoms with Crippen LogP contribution < -0.4 is 4.72 Å². The highest BCUT2D eigenvalue weighted by molar-refractivity contribution is 7.91. The first kappa shape index (κ1) is 25.6. The molecule has 0 saturated carbocycles. The summed E-state index contributed by atoms with van der Waals surface area (Å²) in [6.45, 7) is 8.32. The number of benzene rings is 1. The van der Waals surface area contributed by atoms with Gasteiger partial charge in [0.15, 0.2) is 10.0 Å².